The van der Waals surface area contributed by atoms with Crippen LogP contribution in [0.25, 0.3) is 0 Å². The molecule has 1 fully saturated rings. The van der Waals surface area contributed by atoms with Crippen molar-refractivity contribution in [3.05, 3.63) is 30.1 Å². The zero-order valence-corrected chi connectivity index (χ0v) is 10.6. The first kappa shape index (κ1) is 12.7. The van der Waals surface area contributed by atoms with Crippen LogP contribution in [-0.4, -0.2) is 24.7 Å². The third-order valence-electron chi connectivity index (χ3n) is 3.22. The number of benzene rings is 1. The summed E-state index contributed by atoms with van der Waals surface area (Å²) in [4.78, 5) is 0. The second kappa shape index (κ2) is 6.26. The molecule has 2 rings (SSSR count). The molecule has 0 radical (unpaired) electrons. The highest BCUT2D eigenvalue weighted by Gasteiger charge is 2.25. The van der Waals surface area contributed by atoms with Crippen LogP contribution in [0.5, 0.6) is 5.75 Å². The second-order valence-electron chi connectivity index (χ2n) is 4.36. The Morgan fingerprint density at radius 2 is 2.29 bits per heavy atom. The Bertz CT molecular complexity index is 355. The minimum absolute atomic E-state index is 0.302. The first-order valence-corrected chi connectivity index (χ1v) is 7.12. The van der Waals surface area contributed by atoms with Crippen molar-refractivity contribution < 1.29 is 9.13 Å². The van der Waals surface area contributed by atoms with Crippen LogP contribution in [-0.2, 0) is 0 Å². The molecule has 2 atom stereocenters. The smallest absolute Gasteiger partial charge is 0.165 e. The zero-order valence-electron chi connectivity index (χ0n) is 9.77. The number of thioether (sulfide) groups is 1. The van der Waals surface area contributed by atoms with Crippen LogP contribution in [0.1, 0.15) is 6.42 Å². The Balaban J connectivity index is 1.89. The number of hydrogen-bond donors (Lipinski definition) is 1. The molecular weight excluding hydrogens is 237 g/mol. The summed E-state index contributed by atoms with van der Waals surface area (Å²) in [5, 5.41) is 0. The molecule has 1 aliphatic heterocycles. The lowest BCUT2D eigenvalue weighted by Gasteiger charge is -2.21. The van der Waals surface area contributed by atoms with E-state index < -0.39 is 0 Å². The normalized spacial score (nSPS) is 21.4. The van der Waals surface area contributed by atoms with Gasteiger partial charge in [-0.3, -0.25) is 0 Å². The number of rotatable bonds is 5. The van der Waals surface area contributed by atoms with Gasteiger partial charge in [0.05, 0.1) is 6.61 Å². The molecule has 1 aromatic rings. The number of hydrogen-bond acceptors (Lipinski definition) is 3. The second-order valence-corrected chi connectivity index (χ2v) is 5.51. The van der Waals surface area contributed by atoms with Crippen molar-refractivity contribution >= 4 is 11.8 Å². The van der Waals surface area contributed by atoms with Crippen molar-refractivity contribution in [1.82, 2.24) is 0 Å². The molecule has 1 saturated heterocycles. The zero-order chi connectivity index (χ0) is 12.1. The number of halogens is 1. The van der Waals surface area contributed by atoms with E-state index in [1.165, 1.54) is 18.2 Å². The van der Waals surface area contributed by atoms with Gasteiger partial charge in [-0.1, -0.05) is 12.1 Å². The number of ether oxygens (including phenoxy) is 1. The summed E-state index contributed by atoms with van der Waals surface area (Å²) in [6, 6.07) is 6.52. The van der Waals surface area contributed by atoms with E-state index in [2.05, 4.69) is 0 Å². The lowest BCUT2D eigenvalue weighted by atomic mass is 9.93. The summed E-state index contributed by atoms with van der Waals surface area (Å²) in [5.41, 5.74) is 5.77. The molecule has 0 saturated carbocycles. The highest BCUT2D eigenvalue weighted by atomic mass is 32.2. The molecule has 1 aliphatic rings. The Hall–Kier alpha value is -0.740. The predicted molar refractivity (Wildman–Crippen MR) is 69.9 cm³/mol. The Morgan fingerprint density at radius 3 is 2.94 bits per heavy atom. The fourth-order valence-corrected chi connectivity index (χ4v) is 3.46. The molecule has 17 heavy (non-hydrogen) atoms. The third kappa shape index (κ3) is 3.36. The van der Waals surface area contributed by atoms with Crippen molar-refractivity contribution in [2.45, 2.75) is 6.42 Å². The Labute approximate surface area is 106 Å². The summed E-state index contributed by atoms with van der Waals surface area (Å²) < 4.78 is 18.9. The van der Waals surface area contributed by atoms with E-state index in [1.807, 2.05) is 11.8 Å². The van der Waals surface area contributed by atoms with E-state index in [1.54, 1.807) is 18.2 Å². The highest BCUT2D eigenvalue weighted by Crippen LogP contribution is 2.30. The van der Waals surface area contributed by atoms with Gasteiger partial charge in [-0.05, 0) is 42.5 Å². The molecule has 0 aromatic heterocycles. The maximum atomic E-state index is 13.4. The van der Waals surface area contributed by atoms with Gasteiger partial charge in [0.1, 0.15) is 0 Å². The molecule has 2 unspecified atom stereocenters. The molecule has 4 heteroatoms. The molecule has 2 nitrogen and oxygen atoms in total. The van der Waals surface area contributed by atoms with Crippen LogP contribution in [0.2, 0.25) is 0 Å². The van der Waals surface area contributed by atoms with E-state index >= 15 is 0 Å². The largest absolute Gasteiger partial charge is 0.490 e. The van der Waals surface area contributed by atoms with Gasteiger partial charge in [0.25, 0.3) is 0 Å². The molecule has 0 aliphatic carbocycles. The van der Waals surface area contributed by atoms with Gasteiger partial charge in [-0.2, -0.15) is 11.8 Å². The minimum atomic E-state index is -0.302. The molecular formula is C13H18FNOS. The van der Waals surface area contributed by atoms with E-state index in [9.17, 15) is 4.39 Å². The van der Waals surface area contributed by atoms with E-state index in [4.69, 9.17) is 10.5 Å². The van der Waals surface area contributed by atoms with Gasteiger partial charge >= 0.3 is 0 Å². The Kier molecular flexibility index (Phi) is 4.68. The number of para-hydroxylation sites is 1. The average molecular weight is 255 g/mol. The minimum Gasteiger partial charge on any atom is -0.490 e. The van der Waals surface area contributed by atoms with Gasteiger partial charge in [0.2, 0.25) is 0 Å². The van der Waals surface area contributed by atoms with E-state index in [-0.39, 0.29) is 5.82 Å². The summed E-state index contributed by atoms with van der Waals surface area (Å²) >= 11 is 1.97. The van der Waals surface area contributed by atoms with Crippen molar-refractivity contribution in [1.29, 1.82) is 0 Å². The molecule has 1 aromatic carbocycles. The van der Waals surface area contributed by atoms with Crippen LogP contribution >= 0.6 is 11.8 Å². The maximum Gasteiger partial charge on any atom is 0.165 e. The van der Waals surface area contributed by atoms with Crippen LogP contribution in [0.4, 0.5) is 4.39 Å². The predicted octanol–water partition coefficient (Wildman–Crippen LogP) is 2.53. The topological polar surface area (TPSA) is 35.2 Å². The fraction of sp³-hybridized carbons (Fsp3) is 0.538. The molecule has 0 spiro atoms. The van der Waals surface area contributed by atoms with Gasteiger partial charge in [0.15, 0.2) is 11.6 Å². The first-order valence-electron chi connectivity index (χ1n) is 5.96. The van der Waals surface area contributed by atoms with Crippen molar-refractivity contribution in [2.75, 3.05) is 24.7 Å². The lowest BCUT2D eigenvalue weighted by molar-refractivity contribution is 0.202. The van der Waals surface area contributed by atoms with Crippen LogP contribution < -0.4 is 10.5 Å². The van der Waals surface area contributed by atoms with E-state index in [0.717, 1.165) is 5.75 Å². The average Bonchev–Trinajstić information content (AvgIpc) is 2.86. The monoisotopic (exact) mass is 255 g/mol. The van der Waals surface area contributed by atoms with Gasteiger partial charge in [-0.25, -0.2) is 4.39 Å². The number of nitrogens with two attached hydrogens (primary N) is 1. The lowest BCUT2D eigenvalue weighted by Crippen LogP contribution is -2.29. The summed E-state index contributed by atoms with van der Waals surface area (Å²) in [5.74, 6) is 3.35. The molecule has 94 valence electrons. The van der Waals surface area contributed by atoms with Crippen molar-refractivity contribution in [3.8, 4) is 5.75 Å². The van der Waals surface area contributed by atoms with Crippen LogP contribution in [0, 0.1) is 17.7 Å². The molecule has 1 heterocycles. The third-order valence-corrected chi connectivity index (χ3v) is 4.41. The fourth-order valence-electron chi connectivity index (χ4n) is 2.08. The first-order chi connectivity index (χ1) is 8.31. The summed E-state index contributed by atoms with van der Waals surface area (Å²) in [7, 11) is 0. The Morgan fingerprint density at radius 1 is 1.47 bits per heavy atom. The van der Waals surface area contributed by atoms with Crippen molar-refractivity contribution in [3.63, 3.8) is 0 Å². The van der Waals surface area contributed by atoms with Crippen molar-refractivity contribution in [2.24, 2.45) is 17.6 Å². The van der Waals surface area contributed by atoms with E-state index in [0.29, 0.717) is 30.7 Å². The standard InChI is InChI=1S/C13H18FNOS/c14-12-3-1-2-4-13(12)16-8-11(7-15)10-5-6-17-9-10/h1-4,10-11H,5-9,15H2. The molecule has 0 amide bonds. The SMILES string of the molecule is NCC(COc1ccccc1F)C1CCSC1. The van der Waals surface area contributed by atoms with Gasteiger partial charge in [0, 0.05) is 5.92 Å². The highest BCUT2D eigenvalue weighted by molar-refractivity contribution is 7.99. The summed E-state index contributed by atoms with van der Waals surface area (Å²) in [6.07, 6.45) is 1.20. The molecule has 2 N–H and O–H groups in total. The van der Waals surface area contributed by atoms with Crippen LogP contribution in [0.3, 0.4) is 0 Å². The molecule has 0 bridgehead atoms. The van der Waals surface area contributed by atoms with Gasteiger partial charge in [-0.15, -0.1) is 0 Å². The summed E-state index contributed by atoms with van der Waals surface area (Å²) in [6.45, 7) is 1.13. The van der Waals surface area contributed by atoms with Crippen LogP contribution in [0.15, 0.2) is 24.3 Å². The van der Waals surface area contributed by atoms with Gasteiger partial charge < -0.3 is 10.5 Å². The maximum absolute atomic E-state index is 13.4. The quantitative estimate of drug-likeness (QED) is 0.878.